The molecule has 164 valence electrons. The predicted molar refractivity (Wildman–Crippen MR) is 114 cm³/mol. The first-order valence-electron chi connectivity index (χ1n) is 10.5. The van der Waals surface area contributed by atoms with Gasteiger partial charge in [-0.15, -0.1) is 0 Å². The summed E-state index contributed by atoms with van der Waals surface area (Å²) in [6.45, 7) is 13.1. The number of ether oxygens (including phenoxy) is 1. The van der Waals surface area contributed by atoms with E-state index in [1.165, 1.54) is 0 Å². The van der Waals surface area contributed by atoms with Gasteiger partial charge in [0.15, 0.2) is 5.96 Å². The molecule has 0 saturated heterocycles. The van der Waals surface area contributed by atoms with Gasteiger partial charge in [-0.2, -0.15) is 5.10 Å². The molecule has 1 atom stereocenters. The van der Waals surface area contributed by atoms with Crippen LogP contribution in [0.1, 0.15) is 78.0 Å². The maximum atomic E-state index is 12.3. The van der Waals surface area contributed by atoms with E-state index < -0.39 is 17.2 Å². The van der Waals surface area contributed by atoms with E-state index in [2.05, 4.69) is 44.9 Å². The lowest BCUT2D eigenvalue weighted by Crippen LogP contribution is -2.57. The molecule has 1 aliphatic rings. The molecule has 0 radical (unpaired) electrons. The van der Waals surface area contributed by atoms with E-state index >= 15 is 0 Å². The van der Waals surface area contributed by atoms with Gasteiger partial charge in [0.05, 0.1) is 11.6 Å². The van der Waals surface area contributed by atoms with Crippen molar-refractivity contribution in [3.63, 3.8) is 0 Å². The van der Waals surface area contributed by atoms with Crippen molar-refractivity contribution >= 4 is 12.1 Å². The van der Waals surface area contributed by atoms with E-state index in [-0.39, 0.29) is 6.04 Å². The van der Waals surface area contributed by atoms with Crippen molar-refractivity contribution < 1.29 is 9.53 Å². The molecule has 0 fully saturated rings. The minimum Gasteiger partial charge on any atom is -0.444 e. The summed E-state index contributed by atoms with van der Waals surface area (Å²) in [5, 5.41) is 14.3. The van der Waals surface area contributed by atoms with Crippen LogP contribution in [0.2, 0.25) is 0 Å². The molecule has 3 N–H and O–H groups in total. The second-order valence-corrected chi connectivity index (χ2v) is 8.62. The molecule has 0 saturated carbocycles. The molecule has 1 unspecified atom stereocenters. The first-order valence-corrected chi connectivity index (χ1v) is 10.5. The maximum Gasteiger partial charge on any atom is 0.408 e. The Balaban J connectivity index is 2.01. The van der Waals surface area contributed by atoms with Gasteiger partial charge in [-0.05, 0) is 53.4 Å². The Morgan fingerprint density at radius 3 is 2.59 bits per heavy atom. The van der Waals surface area contributed by atoms with Gasteiger partial charge in [0, 0.05) is 20.1 Å². The van der Waals surface area contributed by atoms with Gasteiger partial charge >= 0.3 is 6.09 Å². The smallest absolute Gasteiger partial charge is 0.408 e. The largest absolute Gasteiger partial charge is 0.444 e. The van der Waals surface area contributed by atoms with Crippen molar-refractivity contribution in [1.82, 2.24) is 30.7 Å². The fraction of sp³-hybridized carbons (Fsp3) is 0.800. The van der Waals surface area contributed by atoms with Gasteiger partial charge in [-0.3, -0.25) is 4.99 Å². The van der Waals surface area contributed by atoms with Crippen molar-refractivity contribution in [2.24, 2.45) is 4.99 Å². The molecule has 1 amide bonds. The zero-order valence-corrected chi connectivity index (χ0v) is 18.9. The average Bonchev–Trinajstić information content (AvgIpc) is 3.03. The number of nitrogens with zero attached hydrogens (tertiary/aromatic N) is 4. The number of guanidine groups is 1. The van der Waals surface area contributed by atoms with Crippen LogP contribution >= 0.6 is 0 Å². The minimum absolute atomic E-state index is 0.0626. The average molecular weight is 408 g/mol. The van der Waals surface area contributed by atoms with Gasteiger partial charge in [-0.1, -0.05) is 13.8 Å². The van der Waals surface area contributed by atoms with Crippen molar-refractivity contribution in [2.45, 2.75) is 91.0 Å². The Labute approximate surface area is 174 Å². The number of carbonyl (C=O) groups excluding carboxylic acids is 1. The highest BCUT2D eigenvalue weighted by atomic mass is 16.6. The van der Waals surface area contributed by atoms with Crippen LogP contribution in [-0.4, -0.2) is 51.5 Å². The standard InChI is InChI=1S/C20H37N7O2/c1-8-20(9-2,25-18(28)29-19(4,5)6)13-22-17(21-7)24-15-11-10-12-27-16(15)23-14(3)26-27/h15H,8-13H2,1-7H3,(H,25,28)(H2,21,22,24). The number of nitrogens with one attached hydrogen (secondary N) is 3. The Hall–Kier alpha value is -2.32. The van der Waals surface area contributed by atoms with Crippen LogP contribution in [0.4, 0.5) is 4.79 Å². The summed E-state index contributed by atoms with van der Waals surface area (Å²) in [4.78, 5) is 21.3. The molecule has 9 nitrogen and oxygen atoms in total. The van der Waals surface area contributed by atoms with Crippen LogP contribution in [-0.2, 0) is 11.3 Å². The van der Waals surface area contributed by atoms with Crippen LogP contribution < -0.4 is 16.0 Å². The molecule has 0 spiro atoms. The van der Waals surface area contributed by atoms with Crippen molar-refractivity contribution in [2.75, 3.05) is 13.6 Å². The Kier molecular flexibility index (Phi) is 7.48. The number of alkyl carbamates (subject to hydrolysis) is 1. The lowest BCUT2D eigenvalue weighted by molar-refractivity contribution is 0.0448. The highest BCUT2D eigenvalue weighted by Crippen LogP contribution is 2.23. The Morgan fingerprint density at radius 2 is 2.00 bits per heavy atom. The quantitative estimate of drug-likeness (QED) is 0.495. The van der Waals surface area contributed by atoms with Crippen molar-refractivity contribution in [3.8, 4) is 0 Å². The summed E-state index contributed by atoms with van der Waals surface area (Å²) < 4.78 is 7.42. The molecule has 1 aromatic rings. The van der Waals surface area contributed by atoms with Gasteiger partial charge < -0.3 is 20.7 Å². The third-order valence-electron chi connectivity index (χ3n) is 5.23. The summed E-state index contributed by atoms with van der Waals surface area (Å²) in [5.74, 6) is 2.41. The number of aliphatic imine (C=N–C) groups is 1. The lowest BCUT2D eigenvalue weighted by Gasteiger charge is -2.35. The summed E-state index contributed by atoms with van der Waals surface area (Å²) in [6, 6.07) is 0.0626. The summed E-state index contributed by atoms with van der Waals surface area (Å²) >= 11 is 0. The second-order valence-electron chi connectivity index (χ2n) is 8.62. The van der Waals surface area contributed by atoms with E-state index in [4.69, 9.17) is 4.74 Å². The van der Waals surface area contributed by atoms with Crippen LogP contribution in [0.15, 0.2) is 4.99 Å². The highest BCUT2D eigenvalue weighted by molar-refractivity contribution is 5.80. The SMILES string of the molecule is CCC(CC)(CNC(=NC)NC1CCCn2nc(C)nc21)NC(=O)OC(C)(C)C. The number of aryl methyl sites for hydroxylation is 2. The minimum atomic E-state index is -0.530. The summed E-state index contributed by atoms with van der Waals surface area (Å²) in [7, 11) is 1.75. The molecule has 2 rings (SSSR count). The normalized spacial score (nSPS) is 17.5. The fourth-order valence-electron chi connectivity index (χ4n) is 3.46. The number of hydrogen-bond donors (Lipinski definition) is 3. The van der Waals surface area contributed by atoms with Crippen molar-refractivity contribution in [3.05, 3.63) is 11.6 Å². The molecular weight excluding hydrogens is 370 g/mol. The molecule has 1 aliphatic heterocycles. The zero-order valence-electron chi connectivity index (χ0n) is 18.9. The van der Waals surface area contributed by atoms with E-state index in [0.717, 1.165) is 43.9 Å². The number of carbonyl (C=O) groups is 1. The molecule has 0 aromatic carbocycles. The number of aromatic nitrogens is 3. The van der Waals surface area contributed by atoms with Crippen LogP contribution in [0.3, 0.4) is 0 Å². The van der Waals surface area contributed by atoms with Crippen molar-refractivity contribution in [1.29, 1.82) is 0 Å². The molecule has 0 bridgehead atoms. The predicted octanol–water partition coefficient (Wildman–Crippen LogP) is 2.67. The molecule has 0 aliphatic carbocycles. The lowest BCUT2D eigenvalue weighted by atomic mass is 9.93. The van der Waals surface area contributed by atoms with E-state index in [0.29, 0.717) is 12.5 Å². The van der Waals surface area contributed by atoms with E-state index in [9.17, 15) is 4.79 Å². The molecule has 2 heterocycles. The maximum absolute atomic E-state index is 12.3. The molecular formula is C20H37N7O2. The monoisotopic (exact) mass is 407 g/mol. The van der Waals surface area contributed by atoms with E-state index in [1.807, 2.05) is 32.4 Å². The van der Waals surface area contributed by atoms with Gasteiger partial charge in [-0.25, -0.2) is 14.5 Å². The highest BCUT2D eigenvalue weighted by Gasteiger charge is 2.31. The first-order chi connectivity index (χ1) is 13.6. The van der Waals surface area contributed by atoms with Gasteiger partial charge in [0.2, 0.25) is 0 Å². The second kappa shape index (κ2) is 9.45. The fourth-order valence-corrected chi connectivity index (χ4v) is 3.46. The summed E-state index contributed by atoms with van der Waals surface area (Å²) in [5.41, 5.74) is -0.958. The van der Waals surface area contributed by atoms with E-state index in [1.54, 1.807) is 7.05 Å². The Morgan fingerprint density at radius 1 is 1.31 bits per heavy atom. The van der Waals surface area contributed by atoms with Crippen LogP contribution in [0, 0.1) is 6.92 Å². The van der Waals surface area contributed by atoms with Gasteiger partial charge in [0.25, 0.3) is 0 Å². The number of hydrogen-bond acceptors (Lipinski definition) is 5. The Bertz CT molecular complexity index is 717. The number of amides is 1. The first kappa shape index (κ1) is 23.0. The van der Waals surface area contributed by atoms with Crippen LogP contribution in [0.25, 0.3) is 0 Å². The summed E-state index contributed by atoms with van der Waals surface area (Å²) in [6.07, 6.45) is 3.15. The van der Waals surface area contributed by atoms with Crippen LogP contribution in [0.5, 0.6) is 0 Å². The van der Waals surface area contributed by atoms with Gasteiger partial charge in [0.1, 0.15) is 17.2 Å². The third kappa shape index (κ3) is 6.33. The number of rotatable bonds is 6. The third-order valence-corrected chi connectivity index (χ3v) is 5.23. The molecule has 1 aromatic heterocycles. The topological polar surface area (TPSA) is 105 Å². The zero-order chi connectivity index (χ0) is 21.7. The molecule has 9 heteroatoms. The number of fused-ring (bicyclic) bond motifs is 1. The molecule has 29 heavy (non-hydrogen) atoms.